The molecule has 2 aliphatic heterocycles. The minimum Gasteiger partial charge on any atom is -0.490 e. The SMILES string of the molecule is CCN1CCN(Cc2cccc(OC3CCCC3)c2)[C@H]2CS(=O)(=O)C[C@H]21. The van der Waals surface area contributed by atoms with Crippen molar-refractivity contribution < 1.29 is 13.2 Å². The summed E-state index contributed by atoms with van der Waals surface area (Å²) in [6, 6.07) is 8.64. The van der Waals surface area contributed by atoms with Crippen LogP contribution in [0.15, 0.2) is 24.3 Å². The summed E-state index contributed by atoms with van der Waals surface area (Å²) in [4.78, 5) is 4.71. The summed E-state index contributed by atoms with van der Waals surface area (Å²) in [6.45, 7) is 5.73. The molecule has 0 bridgehead atoms. The van der Waals surface area contributed by atoms with Gasteiger partial charge in [0.2, 0.25) is 0 Å². The van der Waals surface area contributed by atoms with Crippen molar-refractivity contribution in [3.05, 3.63) is 29.8 Å². The van der Waals surface area contributed by atoms with E-state index in [1.807, 2.05) is 6.07 Å². The first-order valence-electron chi connectivity index (χ1n) is 9.98. The lowest BCUT2D eigenvalue weighted by Crippen LogP contribution is -2.58. The molecule has 3 fully saturated rings. The highest BCUT2D eigenvalue weighted by molar-refractivity contribution is 7.91. The number of hydrogen-bond donors (Lipinski definition) is 0. The maximum absolute atomic E-state index is 12.2. The fourth-order valence-electron chi connectivity index (χ4n) is 4.84. The molecule has 0 aromatic heterocycles. The third-order valence-electron chi connectivity index (χ3n) is 6.20. The number of rotatable bonds is 5. The van der Waals surface area contributed by atoms with Gasteiger partial charge in [-0.1, -0.05) is 19.1 Å². The monoisotopic (exact) mass is 378 g/mol. The topological polar surface area (TPSA) is 49.9 Å². The normalized spacial score (nSPS) is 29.7. The average molecular weight is 379 g/mol. The zero-order valence-electron chi connectivity index (χ0n) is 15.6. The van der Waals surface area contributed by atoms with Crippen molar-refractivity contribution in [2.24, 2.45) is 0 Å². The first-order chi connectivity index (χ1) is 12.5. The molecule has 3 aliphatic rings. The van der Waals surface area contributed by atoms with E-state index in [1.54, 1.807) is 0 Å². The molecule has 5 nitrogen and oxygen atoms in total. The van der Waals surface area contributed by atoms with Crippen LogP contribution < -0.4 is 4.74 Å². The summed E-state index contributed by atoms with van der Waals surface area (Å²) in [7, 11) is -2.93. The Kier molecular flexibility index (Phi) is 5.26. The molecule has 6 heteroatoms. The Bertz CT molecular complexity index is 730. The Morgan fingerprint density at radius 2 is 1.77 bits per heavy atom. The van der Waals surface area contributed by atoms with Gasteiger partial charge in [0, 0.05) is 31.7 Å². The number of fused-ring (bicyclic) bond motifs is 1. The van der Waals surface area contributed by atoms with Crippen molar-refractivity contribution in [2.75, 3.05) is 31.1 Å². The Balaban J connectivity index is 1.46. The van der Waals surface area contributed by atoms with Gasteiger partial charge in [-0.2, -0.15) is 0 Å². The van der Waals surface area contributed by atoms with Crippen molar-refractivity contribution in [1.29, 1.82) is 0 Å². The molecule has 0 unspecified atom stereocenters. The summed E-state index contributed by atoms with van der Waals surface area (Å²) < 4.78 is 30.6. The highest BCUT2D eigenvalue weighted by atomic mass is 32.2. The second-order valence-electron chi connectivity index (χ2n) is 7.98. The minimum atomic E-state index is -2.93. The van der Waals surface area contributed by atoms with Gasteiger partial charge in [-0.05, 0) is 49.9 Å². The molecule has 0 spiro atoms. The molecule has 0 N–H and O–H groups in total. The third kappa shape index (κ3) is 3.92. The van der Waals surface area contributed by atoms with Gasteiger partial charge >= 0.3 is 0 Å². The number of benzene rings is 1. The molecule has 26 heavy (non-hydrogen) atoms. The molecule has 1 aliphatic carbocycles. The summed E-state index contributed by atoms with van der Waals surface area (Å²) >= 11 is 0. The quantitative estimate of drug-likeness (QED) is 0.787. The van der Waals surface area contributed by atoms with Crippen molar-refractivity contribution in [1.82, 2.24) is 9.80 Å². The van der Waals surface area contributed by atoms with E-state index >= 15 is 0 Å². The highest BCUT2D eigenvalue weighted by Gasteiger charge is 2.45. The fraction of sp³-hybridized carbons (Fsp3) is 0.700. The Morgan fingerprint density at radius 1 is 1.08 bits per heavy atom. The van der Waals surface area contributed by atoms with Gasteiger partial charge < -0.3 is 4.74 Å². The number of ether oxygens (including phenoxy) is 1. The molecule has 2 atom stereocenters. The van der Waals surface area contributed by atoms with Crippen molar-refractivity contribution in [3.8, 4) is 5.75 Å². The Labute approximate surface area is 157 Å². The maximum atomic E-state index is 12.2. The van der Waals surface area contributed by atoms with E-state index in [9.17, 15) is 8.42 Å². The summed E-state index contributed by atoms with van der Waals surface area (Å²) in [5.74, 6) is 1.57. The van der Waals surface area contributed by atoms with E-state index in [0.717, 1.165) is 44.8 Å². The summed E-state index contributed by atoms with van der Waals surface area (Å²) in [5, 5.41) is 0. The molecule has 0 radical (unpaired) electrons. The zero-order valence-corrected chi connectivity index (χ0v) is 16.5. The lowest BCUT2D eigenvalue weighted by Gasteiger charge is -2.43. The van der Waals surface area contributed by atoms with Crippen molar-refractivity contribution in [3.63, 3.8) is 0 Å². The van der Waals surface area contributed by atoms with Gasteiger partial charge in [-0.3, -0.25) is 9.80 Å². The van der Waals surface area contributed by atoms with Crippen LogP contribution >= 0.6 is 0 Å². The summed E-state index contributed by atoms with van der Waals surface area (Å²) in [6.07, 6.45) is 5.21. The van der Waals surface area contributed by atoms with Crippen LogP contribution in [-0.4, -0.2) is 67.5 Å². The van der Waals surface area contributed by atoms with Crippen LogP contribution in [0.4, 0.5) is 0 Å². The molecule has 1 aromatic carbocycles. The van der Waals surface area contributed by atoms with Gasteiger partial charge in [-0.25, -0.2) is 8.42 Å². The number of likely N-dealkylation sites (N-methyl/N-ethyl adjacent to an activating group) is 1. The Hall–Kier alpha value is -1.11. The molecular weight excluding hydrogens is 348 g/mol. The fourth-order valence-corrected chi connectivity index (χ4v) is 6.88. The van der Waals surface area contributed by atoms with Crippen LogP contribution in [0.25, 0.3) is 0 Å². The van der Waals surface area contributed by atoms with Crippen molar-refractivity contribution in [2.45, 2.75) is 57.3 Å². The third-order valence-corrected chi connectivity index (χ3v) is 7.90. The van der Waals surface area contributed by atoms with E-state index in [4.69, 9.17) is 4.74 Å². The molecule has 1 aromatic rings. The molecule has 2 heterocycles. The molecule has 2 saturated heterocycles. The van der Waals surface area contributed by atoms with Gasteiger partial charge in [0.05, 0.1) is 17.6 Å². The summed E-state index contributed by atoms with van der Waals surface area (Å²) in [5.41, 5.74) is 1.22. The van der Waals surface area contributed by atoms with Crippen LogP contribution in [-0.2, 0) is 16.4 Å². The lowest BCUT2D eigenvalue weighted by atomic mass is 10.0. The second-order valence-corrected chi connectivity index (χ2v) is 10.1. The largest absolute Gasteiger partial charge is 0.490 e. The number of hydrogen-bond acceptors (Lipinski definition) is 5. The van der Waals surface area contributed by atoms with E-state index in [0.29, 0.717) is 17.6 Å². The number of piperazine rings is 1. The van der Waals surface area contributed by atoms with Crippen LogP contribution in [0.1, 0.15) is 38.2 Å². The van der Waals surface area contributed by atoms with E-state index < -0.39 is 9.84 Å². The predicted octanol–water partition coefficient (Wildman–Crippen LogP) is 2.31. The molecule has 0 amide bonds. The number of sulfone groups is 1. The first kappa shape index (κ1) is 18.3. The van der Waals surface area contributed by atoms with Crippen LogP contribution in [0.5, 0.6) is 5.75 Å². The van der Waals surface area contributed by atoms with Crippen LogP contribution in [0.3, 0.4) is 0 Å². The highest BCUT2D eigenvalue weighted by Crippen LogP contribution is 2.29. The smallest absolute Gasteiger partial charge is 0.153 e. The molecular formula is C20H30N2O3S. The average Bonchev–Trinajstić information content (AvgIpc) is 3.22. The van der Waals surface area contributed by atoms with E-state index in [2.05, 4.69) is 34.9 Å². The molecule has 144 valence electrons. The van der Waals surface area contributed by atoms with Gasteiger partial charge in [0.25, 0.3) is 0 Å². The first-order valence-corrected chi connectivity index (χ1v) is 11.8. The standard InChI is InChI=1S/C20H30N2O3S/c1-2-21-10-11-22(20-15-26(23,24)14-19(20)21)13-16-6-5-9-18(12-16)25-17-7-3-4-8-17/h5-6,9,12,17,19-20H,2-4,7-8,10-11,13-15H2,1H3/t19-,20+/m1/s1. The van der Waals surface area contributed by atoms with Crippen LogP contribution in [0, 0.1) is 0 Å². The van der Waals surface area contributed by atoms with E-state index in [-0.39, 0.29) is 12.1 Å². The maximum Gasteiger partial charge on any atom is 0.153 e. The molecule has 1 saturated carbocycles. The lowest BCUT2D eigenvalue weighted by molar-refractivity contribution is 0.0438. The van der Waals surface area contributed by atoms with Crippen molar-refractivity contribution >= 4 is 9.84 Å². The molecule has 4 rings (SSSR count). The predicted molar refractivity (Wildman–Crippen MR) is 103 cm³/mol. The second kappa shape index (κ2) is 7.49. The van der Waals surface area contributed by atoms with E-state index in [1.165, 1.54) is 18.4 Å². The van der Waals surface area contributed by atoms with Gasteiger partial charge in [-0.15, -0.1) is 0 Å². The number of nitrogens with zero attached hydrogens (tertiary/aromatic N) is 2. The van der Waals surface area contributed by atoms with Gasteiger partial charge in [0.1, 0.15) is 5.75 Å². The van der Waals surface area contributed by atoms with Gasteiger partial charge in [0.15, 0.2) is 9.84 Å². The van der Waals surface area contributed by atoms with Crippen LogP contribution in [0.2, 0.25) is 0 Å². The zero-order chi connectivity index (χ0) is 18.1. The minimum absolute atomic E-state index is 0.119. The Morgan fingerprint density at radius 3 is 2.50 bits per heavy atom.